The third-order valence-electron chi connectivity index (χ3n) is 3.59. The average Bonchev–Trinajstić information content (AvgIpc) is 2.62. The zero-order valence-corrected chi connectivity index (χ0v) is 15.3. The minimum absolute atomic E-state index is 0.111. The van der Waals surface area contributed by atoms with Gasteiger partial charge in [0.2, 0.25) is 15.9 Å². The van der Waals surface area contributed by atoms with Crippen LogP contribution in [0.15, 0.2) is 53.4 Å². The highest BCUT2D eigenvalue weighted by atomic mass is 32.2. The summed E-state index contributed by atoms with van der Waals surface area (Å²) >= 11 is 0. The summed E-state index contributed by atoms with van der Waals surface area (Å²) in [5, 5.41) is 2.68. The van der Waals surface area contributed by atoms with Crippen molar-refractivity contribution in [3.05, 3.63) is 54.3 Å². The number of ether oxygens (including phenoxy) is 1. The molecule has 2 rings (SSSR count). The van der Waals surface area contributed by atoms with Crippen molar-refractivity contribution in [1.82, 2.24) is 4.72 Å². The van der Waals surface area contributed by atoms with Crippen LogP contribution in [0.3, 0.4) is 0 Å². The summed E-state index contributed by atoms with van der Waals surface area (Å²) in [6.07, 6.45) is 0.239. The minimum Gasteiger partial charge on any atom is -0.492 e. The highest BCUT2D eigenvalue weighted by molar-refractivity contribution is 7.89. The molecule has 0 fully saturated rings. The van der Waals surface area contributed by atoms with Crippen LogP contribution >= 0.6 is 0 Å². The van der Waals surface area contributed by atoms with E-state index < -0.39 is 27.8 Å². The van der Waals surface area contributed by atoms with Crippen molar-refractivity contribution in [3.63, 3.8) is 0 Å². The lowest BCUT2D eigenvalue weighted by Gasteiger charge is -2.18. The Labute approximate surface area is 152 Å². The molecular weight excluding hydrogens is 359 g/mol. The molecule has 1 amide bonds. The maximum atomic E-state index is 13.0. The van der Waals surface area contributed by atoms with Crippen molar-refractivity contribution < 1.29 is 22.3 Å². The molecule has 0 aliphatic carbocycles. The minimum atomic E-state index is -3.95. The molecule has 2 aromatic rings. The van der Waals surface area contributed by atoms with E-state index in [0.717, 1.165) is 24.3 Å². The van der Waals surface area contributed by atoms with Gasteiger partial charge in [0.05, 0.1) is 17.2 Å². The maximum Gasteiger partial charge on any atom is 0.242 e. The first kappa shape index (κ1) is 19.9. The molecule has 0 aliphatic rings. The highest BCUT2D eigenvalue weighted by Gasteiger charge is 2.25. The number of anilines is 1. The van der Waals surface area contributed by atoms with Crippen molar-refractivity contribution >= 4 is 21.6 Å². The molecule has 8 heteroatoms. The SMILES string of the molecule is CCOc1ccccc1NC(=O)C(CC)NS(=O)(=O)c1ccc(F)cc1. The molecule has 2 N–H and O–H groups in total. The fourth-order valence-corrected chi connectivity index (χ4v) is 3.54. The van der Waals surface area contributed by atoms with Crippen LogP contribution in [0.1, 0.15) is 20.3 Å². The fourth-order valence-electron chi connectivity index (χ4n) is 2.26. The molecule has 0 bridgehead atoms. The van der Waals surface area contributed by atoms with Gasteiger partial charge in [-0.3, -0.25) is 4.79 Å². The van der Waals surface area contributed by atoms with Crippen LogP contribution in [0.4, 0.5) is 10.1 Å². The zero-order valence-electron chi connectivity index (χ0n) is 14.5. The Hall–Kier alpha value is -2.45. The van der Waals surface area contributed by atoms with E-state index in [2.05, 4.69) is 10.0 Å². The third kappa shape index (κ3) is 5.03. The monoisotopic (exact) mass is 380 g/mol. The molecular formula is C18H21FN2O4S. The Bertz CT molecular complexity index is 854. The maximum absolute atomic E-state index is 13.0. The van der Waals surface area contributed by atoms with Crippen LogP contribution in [0.25, 0.3) is 0 Å². The number of rotatable bonds is 8. The Morgan fingerprint density at radius 1 is 1.12 bits per heavy atom. The number of benzene rings is 2. The van der Waals surface area contributed by atoms with E-state index in [1.807, 2.05) is 6.92 Å². The predicted octanol–water partition coefficient (Wildman–Crippen LogP) is 2.92. The van der Waals surface area contributed by atoms with Gasteiger partial charge >= 0.3 is 0 Å². The molecule has 0 heterocycles. The predicted molar refractivity (Wildman–Crippen MR) is 97.0 cm³/mol. The number of hydrogen-bond acceptors (Lipinski definition) is 4. The van der Waals surface area contributed by atoms with Crippen molar-refractivity contribution in [2.45, 2.75) is 31.2 Å². The van der Waals surface area contributed by atoms with E-state index in [1.165, 1.54) is 0 Å². The highest BCUT2D eigenvalue weighted by Crippen LogP contribution is 2.24. The quantitative estimate of drug-likeness (QED) is 0.737. The van der Waals surface area contributed by atoms with Crippen molar-refractivity contribution in [1.29, 1.82) is 0 Å². The largest absolute Gasteiger partial charge is 0.492 e. The molecule has 0 saturated carbocycles. The summed E-state index contributed by atoms with van der Waals surface area (Å²) in [5.74, 6) is -0.550. The van der Waals surface area contributed by atoms with E-state index in [-0.39, 0.29) is 11.3 Å². The van der Waals surface area contributed by atoms with Crippen LogP contribution in [0.2, 0.25) is 0 Å². The number of amides is 1. The van der Waals surface area contributed by atoms with Crippen LogP contribution < -0.4 is 14.8 Å². The second-order valence-electron chi connectivity index (χ2n) is 5.45. The number of halogens is 1. The number of para-hydroxylation sites is 2. The van der Waals surface area contributed by atoms with Gasteiger partial charge in [-0.05, 0) is 49.7 Å². The molecule has 1 atom stereocenters. The third-order valence-corrected chi connectivity index (χ3v) is 5.08. The van der Waals surface area contributed by atoms with Crippen molar-refractivity contribution in [2.24, 2.45) is 0 Å². The van der Waals surface area contributed by atoms with Gasteiger partial charge in [-0.15, -0.1) is 0 Å². The first-order valence-corrected chi connectivity index (χ1v) is 9.66. The number of carbonyl (C=O) groups excluding carboxylic acids is 1. The fraction of sp³-hybridized carbons (Fsp3) is 0.278. The lowest BCUT2D eigenvalue weighted by Crippen LogP contribution is -2.43. The van der Waals surface area contributed by atoms with E-state index in [4.69, 9.17) is 4.74 Å². The topological polar surface area (TPSA) is 84.5 Å². The number of sulfonamides is 1. The number of hydrogen-bond donors (Lipinski definition) is 2. The molecule has 0 spiro atoms. The normalized spacial score (nSPS) is 12.4. The van der Waals surface area contributed by atoms with Gasteiger partial charge in [0.25, 0.3) is 0 Å². The molecule has 140 valence electrons. The van der Waals surface area contributed by atoms with Gasteiger partial charge in [0, 0.05) is 0 Å². The molecule has 6 nitrogen and oxygen atoms in total. The number of carbonyl (C=O) groups is 1. The molecule has 26 heavy (non-hydrogen) atoms. The van der Waals surface area contributed by atoms with Crippen LogP contribution in [-0.2, 0) is 14.8 Å². The summed E-state index contributed by atoms with van der Waals surface area (Å²) in [5.41, 5.74) is 0.457. The molecule has 2 aromatic carbocycles. The van der Waals surface area contributed by atoms with Gasteiger partial charge in [-0.2, -0.15) is 4.72 Å². The Morgan fingerprint density at radius 2 is 1.77 bits per heavy atom. The lowest BCUT2D eigenvalue weighted by atomic mass is 10.2. The first-order valence-electron chi connectivity index (χ1n) is 8.18. The van der Waals surface area contributed by atoms with E-state index in [1.54, 1.807) is 31.2 Å². The smallest absolute Gasteiger partial charge is 0.242 e. The Morgan fingerprint density at radius 3 is 2.38 bits per heavy atom. The van der Waals surface area contributed by atoms with Crippen molar-refractivity contribution in [2.75, 3.05) is 11.9 Å². The van der Waals surface area contributed by atoms with Gasteiger partial charge in [0.1, 0.15) is 17.6 Å². The first-order chi connectivity index (χ1) is 12.4. The molecule has 0 saturated heterocycles. The Kier molecular flexibility index (Phi) is 6.70. The van der Waals surface area contributed by atoms with E-state index >= 15 is 0 Å². The average molecular weight is 380 g/mol. The van der Waals surface area contributed by atoms with Crippen LogP contribution in [-0.4, -0.2) is 27.0 Å². The van der Waals surface area contributed by atoms with E-state index in [0.29, 0.717) is 18.0 Å². The van der Waals surface area contributed by atoms with Gasteiger partial charge < -0.3 is 10.1 Å². The van der Waals surface area contributed by atoms with E-state index in [9.17, 15) is 17.6 Å². The molecule has 0 aliphatic heterocycles. The Balaban J connectivity index is 2.15. The van der Waals surface area contributed by atoms with Gasteiger partial charge in [0.15, 0.2) is 0 Å². The molecule has 0 aromatic heterocycles. The second kappa shape index (κ2) is 8.77. The van der Waals surface area contributed by atoms with Crippen LogP contribution in [0.5, 0.6) is 5.75 Å². The summed E-state index contributed by atoms with van der Waals surface area (Å²) in [7, 11) is -3.95. The summed E-state index contributed by atoms with van der Waals surface area (Å²) in [6, 6.07) is 10.3. The van der Waals surface area contributed by atoms with Gasteiger partial charge in [-0.1, -0.05) is 19.1 Å². The summed E-state index contributed by atoms with van der Waals surface area (Å²) < 4.78 is 45.6. The lowest BCUT2D eigenvalue weighted by molar-refractivity contribution is -0.117. The summed E-state index contributed by atoms with van der Waals surface area (Å²) in [6.45, 7) is 3.94. The zero-order chi connectivity index (χ0) is 19.2. The second-order valence-corrected chi connectivity index (χ2v) is 7.17. The standard InChI is InChI=1S/C18H21FN2O4S/c1-3-15(21-26(23,24)14-11-9-13(19)10-12-14)18(22)20-16-7-5-6-8-17(16)25-4-2/h5-12,15,21H,3-4H2,1-2H3,(H,20,22). The van der Waals surface area contributed by atoms with Crippen LogP contribution in [0, 0.1) is 5.82 Å². The molecule has 1 unspecified atom stereocenters. The number of nitrogens with one attached hydrogen (secondary N) is 2. The van der Waals surface area contributed by atoms with Gasteiger partial charge in [-0.25, -0.2) is 12.8 Å². The molecule has 0 radical (unpaired) electrons. The summed E-state index contributed by atoms with van der Waals surface area (Å²) in [4.78, 5) is 12.4. The van der Waals surface area contributed by atoms with Crippen molar-refractivity contribution in [3.8, 4) is 5.75 Å².